The standard InChI is InChI=1S/C21H20N6O/c1-14-10-22-21(23-11-14)17-6-4-5-16(9-17)15(2)20-19(28)7-8-27(25-20)18-12-24-26(3)13-18/h4-13,15H,1-3H3. The maximum Gasteiger partial charge on any atom is 0.203 e. The number of aryl methyl sites for hydroxylation is 2. The van der Waals surface area contributed by atoms with E-state index in [1.807, 2.05) is 51.4 Å². The Morgan fingerprint density at radius 3 is 2.57 bits per heavy atom. The lowest BCUT2D eigenvalue weighted by Gasteiger charge is -2.13. The Morgan fingerprint density at radius 2 is 1.86 bits per heavy atom. The second-order valence-corrected chi connectivity index (χ2v) is 6.81. The van der Waals surface area contributed by atoms with E-state index >= 15 is 0 Å². The lowest BCUT2D eigenvalue weighted by molar-refractivity contribution is 0.738. The molecule has 0 radical (unpaired) electrons. The molecule has 0 bridgehead atoms. The van der Waals surface area contributed by atoms with Crippen LogP contribution in [0.25, 0.3) is 17.1 Å². The van der Waals surface area contributed by atoms with E-state index in [1.165, 1.54) is 0 Å². The molecule has 0 aliphatic rings. The van der Waals surface area contributed by atoms with Crippen LogP contribution >= 0.6 is 0 Å². The van der Waals surface area contributed by atoms with Crippen LogP contribution in [0.3, 0.4) is 0 Å². The Morgan fingerprint density at radius 1 is 1.07 bits per heavy atom. The van der Waals surface area contributed by atoms with Crippen molar-refractivity contribution in [3.05, 3.63) is 88.4 Å². The summed E-state index contributed by atoms with van der Waals surface area (Å²) in [5.74, 6) is 0.482. The van der Waals surface area contributed by atoms with Gasteiger partial charge in [0.2, 0.25) is 5.43 Å². The summed E-state index contributed by atoms with van der Waals surface area (Å²) < 4.78 is 3.37. The third-order valence-electron chi connectivity index (χ3n) is 4.63. The van der Waals surface area contributed by atoms with Gasteiger partial charge < -0.3 is 0 Å². The second kappa shape index (κ2) is 7.19. The molecule has 0 aliphatic heterocycles. The van der Waals surface area contributed by atoms with Gasteiger partial charge in [0.1, 0.15) is 11.4 Å². The van der Waals surface area contributed by atoms with Gasteiger partial charge in [-0.2, -0.15) is 10.2 Å². The summed E-state index contributed by atoms with van der Waals surface area (Å²) in [6, 6.07) is 9.46. The number of benzene rings is 1. The van der Waals surface area contributed by atoms with Crippen LogP contribution in [0.5, 0.6) is 0 Å². The van der Waals surface area contributed by atoms with Crippen LogP contribution in [0.15, 0.2) is 66.1 Å². The van der Waals surface area contributed by atoms with Gasteiger partial charge in [-0.3, -0.25) is 9.48 Å². The smallest absolute Gasteiger partial charge is 0.203 e. The maximum absolute atomic E-state index is 12.5. The average Bonchev–Trinajstić information content (AvgIpc) is 3.15. The summed E-state index contributed by atoms with van der Waals surface area (Å²) in [6.07, 6.45) is 8.81. The average molecular weight is 372 g/mol. The first-order chi connectivity index (χ1) is 13.5. The van der Waals surface area contributed by atoms with E-state index in [9.17, 15) is 4.79 Å². The fraction of sp³-hybridized carbons (Fsp3) is 0.190. The number of rotatable bonds is 4. The monoisotopic (exact) mass is 372 g/mol. The Kier molecular flexibility index (Phi) is 4.57. The first-order valence-electron chi connectivity index (χ1n) is 8.99. The third-order valence-corrected chi connectivity index (χ3v) is 4.63. The van der Waals surface area contributed by atoms with Crippen molar-refractivity contribution in [2.24, 2.45) is 7.05 Å². The first-order valence-corrected chi connectivity index (χ1v) is 8.99. The molecule has 1 aromatic carbocycles. The van der Waals surface area contributed by atoms with E-state index in [0.29, 0.717) is 11.5 Å². The maximum atomic E-state index is 12.5. The fourth-order valence-corrected chi connectivity index (χ4v) is 3.04. The van der Waals surface area contributed by atoms with Crippen molar-refractivity contribution in [2.45, 2.75) is 19.8 Å². The molecular weight excluding hydrogens is 352 g/mol. The van der Waals surface area contributed by atoms with Gasteiger partial charge >= 0.3 is 0 Å². The summed E-state index contributed by atoms with van der Waals surface area (Å²) >= 11 is 0. The highest BCUT2D eigenvalue weighted by atomic mass is 16.1. The Hall–Kier alpha value is -3.61. The normalized spacial score (nSPS) is 12.1. The van der Waals surface area contributed by atoms with Crippen LogP contribution in [0.4, 0.5) is 0 Å². The molecule has 1 unspecified atom stereocenters. The second-order valence-electron chi connectivity index (χ2n) is 6.81. The SMILES string of the molecule is Cc1cnc(-c2cccc(C(C)c3nn(-c4cnn(C)c4)ccc3=O)c2)nc1. The molecule has 1 atom stereocenters. The van der Waals surface area contributed by atoms with E-state index < -0.39 is 0 Å². The Bertz CT molecular complexity index is 1180. The Balaban J connectivity index is 1.71. The van der Waals surface area contributed by atoms with Crippen molar-refractivity contribution in [3.63, 3.8) is 0 Å². The van der Waals surface area contributed by atoms with Gasteiger partial charge in [-0.1, -0.05) is 25.1 Å². The molecule has 0 amide bonds. The molecule has 4 rings (SSSR count). The zero-order valence-electron chi connectivity index (χ0n) is 15.9. The summed E-state index contributed by atoms with van der Waals surface area (Å²) in [7, 11) is 1.84. The first kappa shape index (κ1) is 17.8. The highest BCUT2D eigenvalue weighted by Crippen LogP contribution is 2.24. The van der Waals surface area contributed by atoms with Crippen molar-refractivity contribution in [2.75, 3.05) is 0 Å². The van der Waals surface area contributed by atoms with Crippen molar-refractivity contribution in [1.82, 2.24) is 29.5 Å². The Labute approximate surface area is 162 Å². The van der Waals surface area contributed by atoms with Gasteiger partial charge in [-0.25, -0.2) is 14.6 Å². The van der Waals surface area contributed by atoms with Gasteiger partial charge in [0.05, 0.1) is 12.4 Å². The molecule has 0 fully saturated rings. The van der Waals surface area contributed by atoms with Crippen molar-refractivity contribution < 1.29 is 0 Å². The van der Waals surface area contributed by atoms with Gasteiger partial charge in [-0.05, 0) is 24.1 Å². The number of nitrogens with zero attached hydrogens (tertiary/aromatic N) is 6. The summed E-state index contributed by atoms with van der Waals surface area (Å²) in [4.78, 5) is 21.3. The molecule has 28 heavy (non-hydrogen) atoms. The zero-order chi connectivity index (χ0) is 19.7. The van der Waals surface area contributed by atoms with Crippen LogP contribution in [0.2, 0.25) is 0 Å². The van der Waals surface area contributed by atoms with Gasteiger partial charge in [-0.15, -0.1) is 0 Å². The highest BCUT2D eigenvalue weighted by Gasteiger charge is 2.16. The molecule has 0 saturated heterocycles. The van der Waals surface area contributed by atoms with Gasteiger partial charge in [0, 0.05) is 43.2 Å². The largest absolute Gasteiger partial charge is 0.288 e. The lowest BCUT2D eigenvalue weighted by atomic mass is 9.95. The molecule has 3 heterocycles. The quantitative estimate of drug-likeness (QED) is 0.550. The molecule has 3 aromatic heterocycles. The van der Waals surface area contributed by atoms with Crippen LogP contribution < -0.4 is 5.43 Å². The van der Waals surface area contributed by atoms with Gasteiger partial charge in [0.25, 0.3) is 0 Å². The van der Waals surface area contributed by atoms with Crippen molar-refractivity contribution in [1.29, 1.82) is 0 Å². The fourth-order valence-electron chi connectivity index (χ4n) is 3.04. The van der Waals surface area contributed by atoms with E-state index in [0.717, 1.165) is 22.4 Å². The van der Waals surface area contributed by atoms with E-state index in [1.54, 1.807) is 40.2 Å². The molecule has 4 aromatic rings. The minimum absolute atomic E-state index is 0.0929. The van der Waals surface area contributed by atoms with Crippen LogP contribution in [-0.2, 0) is 7.05 Å². The predicted octanol–water partition coefficient (Wildman–Crippen LogP) is 2.88. The number of hydrogen-bond acceptors (Lipinski definition) is 5. The molecule has 0 aliphatic carbocycles. The van der Waals surface area contributed by atoms with E-state index in [-0.39, 0.29) is 11.3 Å². The van der Waals surface area contributed by atoms with Crippen LogP contribution in [-0.4, -0.2) is 29.5 Å². The predicted molar refractivity (Wildman–Crippen MR) is 106 cm³/mol. The summed E-state index contributed by atoms with van der Waals surface area (Å²) in [5, 5.41) is 8.73. The lowest BCUT2D eigenvalue weighted by Crippen LogP contribution is -2.18. The minimum Gasteiger partial charge on any atom is -0.288 e. The van der Waals surface area contributed by atoms with Gasteiger partial charge in [0.15, 0.2) is 5.82 Å². The highest BCUT2D eigenvalue weighted by molar-refractivity contribution is 5.56. The topological polar surface area (TPSA) is 78.5 Å². The molecule has 140 valence electrons. The van der Waals surface area contributed by atoms with E-state index in [4.69, 9.17) is 0 Å². The number of hydrogen-bond donors (Lipinski definition) is 0. The van der Waals surface area contributed by atoms with Crippen molar-refractivity contribution in [3.8, 4) is 17.1 Å². The van der Waals surface area contributed by atoms with Crippen LogP contribution in [0, 0.1) is 6.92 Å². The number of aromatic nitrogens is 6. The zero-order valence-corrected chi connectivity index (χ0v) is 15.9. The molecular formula is C21H20N6O. The molecule has 0 spiro atoms. The summed E-state index contributed by atoms with van der Waals surface area (Å²) in [6.45, 7) is 3.93. The minimum atomic E-state index is -0.179. The van der Waals surface area contributed by atoms with Crippen LogP contribution in [0.1, 0.15) is 29.7 Å². The molecule has 7 heteroatoms. The molecule has 7 nitrogen and oxygen atoms in total. The van der Waals surface area contributed by atoms with E-state index in [2.05, 4.69) is 20.2 Å². The molecule has 0 N–H and O–H groups in total. The third kappa shape index (κ3) is 3.46. The summed E-state index contributed by atoms with van der Waals surface area (Å²) in [5.41, 5.74) is 4.09. The molecule has 0 saturated carbocycles. The van der Waals surface area contributed by atoms with Crippen molar-refractivity contribution >= 4 is 0 Å².